The van der Waals surface area contributed by atoms with Gasteiger partial charge in [-0.15, -0.1) is 0 Å². The average molecular weight is 278 g/mol. The van der Waals surface area contributed by atoms with Gasteiger partial charge in [0.25, 0.3) is 0 Å². The molecule has 2 unspecified atom stereocenters. The molecular formula is C16H26N2S. The summed E-state index contributed by atoms with van der Waals surface area (Å²) in [4.78, 5) is 2.65. The first-order valence-electron chi connectivity index (χ1n) is 7.78. The fraction of sp³-hybridized carbons (Fsp3) is 0.750. The van der Waals surface area contributed by atoms with Gasteiger partial charge < -0.3 is 10.6 Å². The highest BCUT2D eigenvalue weighted by atomic mass is 32.1. The van der Waals surface area contributed by atoms with Crippen LogP contribution in [0, 0.1) is 11.8 Å². The van der Waals surface area contributed by atoms with Crippen LogP contribution < -0.4 is 5.73 Å². The minimum Gasteiger partial charge on any atom is -0.327 e. The van der Waals surface area contributed by atoms with E-state index >= 15 is 0 Å². The molecule has 0 amide bonds. The molecule has 2 fully saturated rings. The van der Waals surface area contributed by atoms with Crippen molar-refractivity contribution in [1.29, 1.82) is 0 Å². The fourth-order valence-corrected chi connectivity index (χ4v) is 4.63. The van der Waals surface area contributed by atoms with E-state index in [9.17, 15) is 0 Å². The number of rotatable bonds is 4. The van der Waals surface area contributed by atoms with E-state index in [1.54, 1.807) is 0 Å². The smallest absolute Gasteiger partial charge is 0.0171 e. The van der Waals surface area contributed by atoms with Crippen LogP contribution in [0.5, 0.6) is 0 Å². The van der Waals surface area contributed by atoms with Gasteiger partial charge in [0.2, 0.25) is 0 Å². The number of hydrogen-bond acceptors (Lipinski definition) is 3. The van der Waals surface area contributed by atoms with E-state index in [-0.39, 0.29) is 0 Å². The fourth-order valence-electron chi connectivity index (χ4n) is 3.95. The van der Waals surface area contributed by atoms with Gasteiger partial charge >= 0.3 is 0 Å². The van der Waals surface area contributed by atoms with Crippen molar-refractivity contribution in [3.8, 4) is 0 Å². The molecule has 1 saturated carbocycles. The number of likely N-dealkylation sites (tertiary alicyclic amines) is 1. The first kappa shape index (κ1) is 13.6. The molecule has 2 nitrogen and oxygen atoms in total. The Morgan fingerprint density at radius 3 is 2.79 bits per heavy atom. The monoisotopic (exact) mass is 278 g/mol. The molecule has 2 N–H and O–H groups in total. The molecule has 2 heterocycles. The van der Waals surface area contributed by atoms with Gasteiger partial charge in [0.1, 0.15) is 0 Å². The molecule has 106 valence electrons. The third kappa shape index (κ3) is 3.80. The van der Waals surface area contributed by atoms with E-state index in [0.717, 1.165) is 18.4 Å². The van der Waals surface area contributed by atoms with Gasteiger partial charge in [-0.25, -0.2) is 0 Å². The van der Waals surface area contributed by atoms with Crippen molar-refractivity contribution in [3.05, 3.63) is 22.4 Å². The number of piperidine rings is 1. The van der Waals surface area contributed by atoms with E-state index in [2.05, 4.69) is 21.7 Å². The highest BCUT2D eigenvalue weighted by Gasteiger charge is 2.27. The Balaban J connectivity index is 1.54. The van der Waals surface area contributed by atoms with Gasteiger partial charge in [-0.1, -0.05) is 12.8 Å². The van der Waals surface area contributed by atoms with Crippen molar-refractivity contribution in [2.24, 2.45) is 17.6 Å². The Labute approximate surface area is 121 Å². The van der Waals surface area contributed by atoms with Gasteiger partial charge in [0, 0.05) is 25.7 Å². The second kappa shape index (κ2) is 6.38. The van der Waals surface area contributed by atoms with Gasteiger partial charge in [0.05, 0.1) is 0 Å². The van der Waals surface area contributed by atoms with Crippen LogP contribution in [0.4, 0.5) is 0 Å². The highest BCUT2D eigenvalue weighted by Crippen LogP contribution is 2.28. The Morgan fingerprint density at radius 2 is 2.05 bits per heavy atom. The van der Waals surface area contributed by atoms with Crippen LogP contribution in [0.2, 0.25) is 0 Å². The van der Waals surface area contributed by atoms with Crippen LogP contribution in [-0.4, -0.2) is 30.6 Å². The minimum absolute atomic E-state index is 0.388. The summed E-state index contributed by atoms with van der Waals surface area (Å²) in [6, 6.07) is 2.66. The van der Waals surface area contributed by atoms with Crippen molar-refractivity contribution in [1.82, 2.24) is 4.90 Å². The molecule has 2 atom stereocenters. The largest absolute Gasteiger partial charge is 0.327 e. The summed E-state index contributed by atoms with van der Waals surface area (Å²) >= 11 is 1.81. The van der Waals surface area contributed by atoms with Crippen molar-refractivity contribution in [3.63, 3.8) is 0 Å². The molecule has 0 radical (unpaired) electrons. The number of nitrogens with zero attached hydrogens (tertiary/aromatic N) is 1. The molecular weight excluding hydrogens is 252 g/mol. The van der Waals surface area contributed by atoms with Crippen LogP contribution in [0.1, 0.15) is 37.7 Å². The van der Waals surface area contributed by atoms with Gasteiger partial charge in [-0.3, -0.25) is 0 Å². The van der Waals surface area contributed by atoms with Crippen molar-refractivity contribution >= 4 is 11.3 Å². The predicted octanol–water partition coefficient (Wildman–Crippen LogP) is 3.13. The SMILES string of the molecule is NC1CC(Cc2ccsc2)CN(CC2CCCC2)C1. The Morgan fingerprint density at radius 1 is 1.21 bits per heavy atom. The Kier molecular flexibility index (Phi) is 4.57. The zero-order chi connectivity index (χ0) is 13.1. The molecule has 0 bridgehead atoms. The molecule has 0 spiro atoms. The van der Waals surface area contributed by atoms with E-state index in [0.29, 0.717) is 6.04 Å². The van der Waals surface area contributed by atoms with E-state index in [1.807, 2.05) is 11.3 Å². The summed E-state index contributed by atoms with van der Waals surface area (Å²) in [6.45, 7) is 3.69. The first-order valence-corrected chi connectivity index (χ1v) is 8.73. The zero-order valence-electron chi connectivity index (χ0n) is 11.8. The van der Waals surface area contributed by atoms with Crippen LogP contribution >= 0.6 is 11.3 Å². The molecule has 2 aliphatic rings. The van der Waals surface area contributed by atoms with E-state index in [4.69, 9.17) is 5.73 Å². The van der Waals surface area contributed by atoms with Gasteiger partial charge in [-0.05, 0) is 59.9 Å². The quantitative estimate of drug-likeness (QED) is 0.917. The maximum absolute atomic E-state index is 6.28. The first-order chi connectivity index (χ1) is 9.29. The molecule has 1 aromatic heterocycles. The molecule has 3 rings (SSSR count). The van der Waals surface area contributed by atoms with E-state index in [1.165, 1.54) is 57.2 Å². The van der Waals surface area contributed by atoms with Crippen LogP contribution in [0.3, 0.4) is 0 Å². The summed E-state index contributed by atoms with van der Waals surface area (Å²) in [6.07, 6.45) is 8.21. The summed E-state index contributed by atoms with van der Waals surface area (Å²) in [5.74, 6) is 1.71. The lowest BCUT2D eigenvalue weighted by molar-refractivity contribution is 0.136. The number of hydrogen-bond donors (Lipinski definition) is 1. The van der Waals surface area contributed by atoms with Crippen molar-refractivity contribution in [2.45, 2.75) is 44.6 Å². The molecule has 1 aromatic rings. The van der Waals surface area contributed by atoms with Crippen molar-refractivity contribution < 1.29 is 0 Å². The van der Waals surface area contributed by atoms with Crippen molar-refractivity contribution in [2.75, 3.05) is 19.6 Å². The van der Waals surface area contributed by atoms with Gasteiger partial charge in [0.15, 0.2) is 0 Å². The Hall–Kier alpha value is -0.380. The van der Waals surface area contributed by atoms with E-state index < -0.39 is 0 Å². The molecule has 1 aliphatic carbocycles. The summed E-state index contributed by atoms with van der Waals surface area (Å²) < 4.78 is 0. The Bertz CT molecular complexity index is 370. The molecule has 1 aliphatic heterocycles. The second-order valence-electron chi connectivity index (χ2n) is 6.57. The third-order valence-electron chi connectivity index (χ3n) is 4.74. The minimum atomic E-state index is 0.388. The molecule has 3 heteroatoms. The topological polar surface area (TPSA) is 29.3 Å². The lowest BCUT2D eigenvalue weighted by atomic mass is 9.89. The lowest BCUT2D eigenvalue weighted by Crippen LogP contribution is -2.48. The lowest BCUT2D eigenvalue weighted by Gasteiger charge is -2.37. The standard InChI is InChI=1S/C16H26N2S/c17-16-8-15(7-14-5-6-19-12-14)10-18(11-16)9-13-3-1-2-4-13/h5-6,12-13,15-16H,1-4,7-11,17H2. The normalized spacial score (nSPS) is 29.9. The maximum Gasteiger partial charge on any atom is 0.0171 e. The summed E-state index contributed by atoms with van der Waals surface area (Å²) in [7, 11) is 0. The second-order valence-corrected chi connectivity index (χ2v) is 7.35. The summed E-state index contributed by atoms with van der Waals surface area (Å²) in [5.41, 5.74) is 7.78. The van der Waals surface area contributed by atoms with Crippen LogP contribution in [0.15, 0.2) is 16.8 Å². The zero-order valence-corrected chi connectivity index (χ0v) is 12.6. The number of thiophene rings is 1. The maximum atomic E-state index is 6.28. The molecule has 0 aromatic carbocycles. The third-order valence-corrected chi connectivity index (χ3v) is 5.47. The molecule has 1 saturated heterocycles. The van der Waals surface area contributed by atoms with Crippen LogP contribution in [-0.2, 0) is 6.42 Å². The predicted molar refractivity (Wildman–Crippen MR) is 82.5 cm³/mol. The highest BCUT2D eigenvalue weighted by molar-refractivity contribution is 7.07. The molecule has 19 heavy (non-hydrogen) atoms. The van der Waals surface area contributed by atoms with Gasteiger partial charge in [-0.2, -0.15) is 11.3 Å². The van der Waals surface area contributed by atoms with Crippen LogP contribution in [0.25, 0.3) is 0 Å². The number of nitrogens with two attached hydrogens (primary N) is 1. The average Bonchev–Trinajstić information content (AvgIpc) is 3.01. The summed E-state index contributed by atoms with van der Waals surface area (Å²) in [5, 5.41) is 4.48.